The van der Waals surface area contributed by atoms with Crippen LogP contribution in [-0.4, -0.2) is 32.3 Å². The number of carbonyl (C=O) groups is 1. The summed E-state index contributed by atoms with van der Waals surface area (Å²) in [6, 6.07) is 15.3. The number of hydrogen-bond donors (Lipinski definition) is 0. The van der Waals surface area contributed by atoms with Gasteiger partial charge in [-0.25, -0.2) is 9.97 Å². The molecule has 0 saturated heterocycles. The minimum Gasteiger partial charge on any atom is -0.494 e. The monoisotopic (exact) mass is 461 g/mol. The molecule has 5 aromatic rings. The standard InChI is InChI=1S/C23H19N5O2S2/c1-3-30-17-10-8-16(9-11-17)28(23-26-18-6-4-5-7-20(18)32-23)22(29)19-14-31-21(25-19)15-12-24-27(2)13-15/h4-14H,3H2,1-2H3. The van der Waals surface area contributed by atoms with E-state index >= 15 is 0 Å². The highest BCUT2D eigenvalue weighted by Gasteiger charge is 2.25. The molecular weight excluding hydrogens is 442 g/mol. The minimum absolute atomic E-state index is 0.236. The Balaban J connectivity index is 1.56. The number of carbonyl (C=O) groups excluding carboxylic acids is 1. The van der Waals surface area contributed by atoms with Gasteiger partial charge in [-0.3, -0.25) is 14.4 Å². The summed E-state index contributed by atoms with van der Waals surface area (Å²) in [6.45, 7) is 2.52. The molecule has 0 saturated carbocycles. The molecule has 0 atom stereocenters. The number of thiazole rings is 2. The number of amides is 1. The molecule has 0 aliphatic carbocycles. The maximum Gasteiger partial charge on any atom is 0.284 e. The first-order valence-electron chi connectivity index (χ1n) is 10.00. The van der Waals surface area contributed by atoms with E-state index in [1.54, 1.807) is 21.2 Å². The molecule has 0 fully saturated rings. The molecule has 9 heteroatoms. The summed E-state index contributed by atoms with van der Waals surface area (Å²) in [4.78, 5) is 24.6. The first-order valence-corrected chi connectivity index (χ1v) is 11.7. The second-order valence-corrected chi connectivity index (χ2v) is 8.84. The summed E-state index contributed by atoms with van der Waals surface area (Å²) < 4.78 is 8.29. The Morgan fingerprint density at radius 3 is 2.66 bits per heavy atom. The van der Waals surface area contributed by atoms with E-state index in [4.69, 9.17) is 9.72 Å². The van der Waals surface area contributed by atoms with E-state index in [0.29, 0.717) is 23.1 Å². The van der Waals surface area contributed by atoms with Crippen LogP contribution in [-0.2, 0) is 7.05 Å². The zero-order valence-corrected chi connectivity index (χ0v) is 19.1. The van der Waals surface area contributed by atoms with E-state index < -0.39 is 0 Å². The first kappa shape index (κ1) is 20.3. The second kappa shape index (κ2) is 8.52. The number of nitrogens with zero attached hydrogens (tertiary/aromatic N) is 5. The van der Waals surface area contributed by atoms with Crippen molar-refractivity contribution in [2.75, 3.05) is 11.5 Å². The van der Waals surface area contributed by atoms with Crippen molar-refractivity contribution in [1.29, 1.82) is 0 Å². The number of ether oxygens (including phenoxy) is 1. The van der Waals surface area contributed by atoms with Gasteiger partial charge in [0.2, 0.25) is 0 Å². The van der Waals surface area contributed by atoms with Crippen LogP contribution in [0.4, 0.5) is 10.8 Å². The molecular formula is C23H19N5O2S2. The van der Waals surface area contributed by atoms with Crippen molar-refractivity contribution >= 4 is 49.6 Å². The summed E-state index contributed by atoms with van der Waals surface area (Å²) in [5, 5.41) is 7.31. The fourth-order valence-corrected chi connectivity index (χ4v) is 5.03. The Hall–Kier alpha value is -3.56. The lowest BCUT2D eigenvalue weighted by Crippen LogP contribution is -2.26. The number of anilines is 2. The largest absolute Gasteiger partial charge is 0.494 e. The van der Waals surface area contributed by atoms with Gasteiger partial charge in [0.05, 0.1) is 28.7 Å². The molecule has 1 amide bonds. The van der Waals surface area contributed by atoms with Crippen LogP contribution < -0.4 is 9.64 Å². The van der Waals surface area contributed by atoms with Gasteiger partial charge in [-0.05, 0) is 43.3 Å². The van der Waals surface area contributed by atoms with Gasteiger partial charge < -0.3 is 4.74 Å². The second-order valence-electron chi connectivity index (χ2n) is 6.97. The summed E-state index contributed by atoms with van der Waals surface area (Å²) in [5.74, 6) is 0.514. The Bertz CT molecular complexity index is 1350. The molecule has 0 radical (unpaired) electrons. The smallest absolute Gasteiger partial charge is 0.284 e. The van der Waals surface area contributed by atoms with Crippen molar-refractivity contribution in [1.82, 2.24) is 19.7 Å². The number of benzene rings is 2. The Morgan fingerprint density at radius 2 is 1.94 bits per heavy atom. The molecule has 3 aromatic heterocycles. The molecule has 160 valence electrons. The topological polar surface area (TPSA) is 73.1 Å². The lowest BCUT2D eigenvalue weighted by Gasteiger charge is -2.19. The van der Waals surface area contributed by atoms with Crippen LogP contribution in [0.3, 0.4) is 0 Å². The van der Waals surface area contributed by atoms with Crippen LogP contribution in [0.2, 0.25) is 0 Å². The Morgan fingerprint density at radius 1 is 1.12 bits per heavy atom. The molecule has 0 bridgehead atoms. The maximum atomic E-state index is 13.7. The number of fused-ring (bicyclic) bond motifs is 1. The van der Waals surface area contributed by atoms with Gasteiger partial charge in [0.15, 0.2) is 5.13 Å². The van der Waals surface area contributed by atoms with Gasteiger partial charge in [-0.1, -0.05) is 23.5 Å². The summed E-state index contributed by atoms with van der Waals surface area (Å²) in [5.41, 5.74) is 2.80. The van der Waals surface area contributed by atoms with E-state index in [9.17, 15) is 4.79 Å². The molecule has 32 heavy (non-hydrogen) atoms. The van der Waals surface area contributed by atoms with Crippen LogP contribution in [0.1, 0.15) is 17.4 Å². The van der Waals surface area contributed by atoms with E-state index in [-0.39, 0.29) is 5.91 Å². The summed E-state index contributed by atoms with van der Waals surface area (Å²) in [6.07, 6.45) is 3.62. The highest BCUT2D eigenvalue weighted by molar-refractivity contribution is 7.22. The van der Waals surface area contributed by atoms with Gasteiger partial charge in [0.25, 0.3) is 5.91 Å². The predicted octanol–water partition coefficient (Wildman–Crippen LogP) is 5.53. The molecule has 3 heterocycles. The lowest BCUT2D eigenvalue weighted by atomic mass is 10.2. The van der Waals surface area contributed by atoms with Crippen LogP contribution in [0, 0.1) is 0 Å². The van der Waals surface area contributed by atoms with Crippen molar-refractivity contribution in [3.8, 4) is 16.3 Å². The molecule has 0 spiro atoms. The highest BCUT2D eigenvalue weighted by atomic mass is 32.1. The number of aryl methyl sites for hydroxylation is 1. The summed E-state index contributed by atoms with van der Waals surface area (Å²) >= 11 is 2.89. The van der Waals surface area contributed by atoms with Gasteiger partial charge >= 0.3 is 0 Å². The number of aromatic nitrogens is 4. The van der Waals surface area contributed by atoms with Crippen LogP contribution in [0.25, 0.3) is 20.8 Å². The quantitative estimate of drug-likeness (QED) is 0.332. The highest BCUT2D eigenvalue weighted by Crippen LogP contribution is 2.36. The zero-order chi connectivity index (χ0) is 22.1. The third-order valence-corrected chi connectivity index (χ3v) is 6.67. The van der Waals surface area contributed by atoms with Crippen molar-refractivity contribution in [3.63, 3.8) is 0 Å². The minimum atomic E-state index is -0.236. The number of rotatable bonds is 6. The van der Waals surface area contributed by atoms with Crippen molar-refractivity contribution in [2.24, 2.45) is 7.05 Å². The van der Waals surface area contributed by atoms with Crippen molar-refractivity contribution < 1.29 is 9.53 Å². The SMILES string of the molecule is CCOc1ccc(N(C(=O)c2csc(-c3cnn(C)c3)n2)c2nc3ccccc3s2)cc1. The first-order chi connectivity index (χ1) is 15.6. The van der Waals surface area contributed by atoms with E-state index in [0.717, 1.165) is 26.5 Å². The van der Waals surface area contributed by atoms with Crippen LogP contribution >= 0.6 is 22.7 Å². The zero-order valence-electron chi connectivity index (χ0n) is 17.4. The van der Waals surface area contributed by atoms with Crippen molar-refractivity contribution in [3.05, 3.63) is 72.0 Å². The normalized spacial score (nSPS) is 11.1. The summed E-state index contributed by atoms with van der Waals surface area (Å²) in [7, 11) is 1.85. The lowest BCUT2D eigenvalue weighted by molar-refractivity contribution is 0.0995. The molecule has 7 nitrogen and oxygen atoms in total. The number of para-hydroxylation sites is 1. The Labute approximate surface area is 192 Å². The average Bonchev–Trinajstić information content (AvgIpc) is 3.54. The molecule has 0 aliphatic rings. The molecule has 2 aromatic carbocycles. The average molecular weight is 462 g/mol. The predicted molar refractivity (Wildman–Crippen MR) is 128 cm³/mol. The fraction of sp³-hybridized carbons (Fsp3) is 0.130. The molecule has 0 unspecified atom stereocenters. The Kier molecular flexibility index (Phi) is 5.42. The van der Waals surface area contributed by atoms with Crippen LogP contribution in [0.15, 0.2) is 66.3 Å². The maximum absolute atomic E-state index is 13.7. The fourth-order valence-electron chi connectivity index (χ4n) is 3.28. The molecule has 0 N–H and O–H groups in total. The van der Waals surface area contributed by atoms with Gasteiger partial charge in [-0.15, -0.1) is 11.3 Å². The third kappa shape index (κ3) is 3.88. The van der Waals surface area contributed by atoms with Gasteiger partial charge in [-0.2, -0.15) is 5.10 Å². The van der Waals surface area contributed by atoms with Crippen molar-refractivity contribution in [2.45, 2.75) is 6.92 Å². The van der Waals surface area contributed by atoms with Gasteiger partial charge in [0.1, 0.15) is 16.5 Å². The molecule has 0 aliphatic heterocycles. The van der Waals surface area contributed by atoms with E-state index in [1.165, 1.54) is 22.7 Å². The third-order valence-electron chi connectivity index (χ3n) is 4.76. The van der Waals surface area contributed by atoms with E-state index in [2.05, 4.69) is 10.1 Å². The van der Waals surface area contributed by atoms with Crippen LogP contribution in [0.5, 0.6) is 5.75 Å². The number of hydrogen-bond acceptors (Lipinski definition) is 7. The van der Waals surface area contributed by atoms with E-state index in [1.807, 2.05) is 68.7 Å². The van der Waals surface area contributed by atoms with Gasteiger partial charge in [0, 0.05) is 24.2 Å². The molecule has 5 rings (SSSR count).